The van der Waals surface area contributed by atoms with Crippen LogP contribution < -0.4 is 10.2 Å². The lowest BCUT2D eigenvalue weighted by atomic mass is 10.1. The molecule has 6 nitrogen and oxygen atoms in total. The molecule has 0 atom stereocenters. The maximum absolute atomic E-state index is 12.5. The van der Waals surface area contributed by atoms with Crippen molar-refractivity contribution in [3.05, 3.63) is 59.9 Å². The normalized spacial score (nSPS) is 14.9. The molecule has 3 heterocycles. The SMILES string of the molecule is O=C(Nc1ccc(N2CCC(O)CC2)cc1)c1cnc(-c2ccncc2)s1. The van der Waals surface area contributed by atoms with Gasteiger partial charge in [0.15, 0.2) is 0 Å². The Hall–Kier alpha value is -2.77. The van der Waals surface area contributed by atoms with Gasteiger partial charge in [-0.05, 0) is 49.2 Å². The Morgan fingerprint density at radius 2 is 1.81 bits per heavy atom. The number of amides is 1. The first kappa shape index (κ1) is 17.6. The summed E-state index contributed by atoms with van der Waals surface area (Å²) in [5, 5.41) is 13.3. The molecule has 0 aliphatic carbocycles. The monoisotopic (exact) mass is 380 g/mol. The maximum Gasteiger partial charge on any atom is 0.267 e. The van der Waals surface area contributed by atoms with E-state index < -0.39 is 0 Å². The van der Waals surface area contributed by atoms with Crippen molar-refractivity contribution in [2.24, 2.45) is 0 Å². The van der Waals surface area contributed by atoms with E-state index in [1.807, 2.05) is 36.4 Å². The van der Waals surface area contributed by atoms with Gasteiger partial charge in [0.05, 0.1) is 12.3 Å². The molecule has 27 heavy (non-hydrogen) atoms. The second-order valence-corrected chi connectivity index (χ2v) is 7.52. The summed E-state index contributed by atoms with van der Waals surface area (Å²) in [5.41, 5.74) is 2.81. The van der Waals surface area contributed by atoms with Gasteiger partial charge in [-0.2, -0.15) is 0 Å². The van der Waals surface area contributed by atoms with E-state index in [0.717, 1.165) is 47.9 Å². The third-order valence-corrected chi connectivity index (χ3v) is 5.66. The minimum Gasteiger partial charge on any atom is -0.393 e. The lowest BCUT2D eigenvalue weighted by molar-refractivity contribution is 0.103. The van der Waals surface area contributed by atoms with Gasteiger partial charge in [0, 0.05) is 42.4 Å². The topological polar surface area (TPSA) is 78.4 Å². The van der Waals surface area contributed by atoms with Crippen molar-refractivity contribution >= 4 is 28.6 Å². The van der Waals surface area contributed by atoms with Crippen molar-refractivity contribution < 1.29 is 9.90 Å². The maximum atomic E-state index is 12.5. The zero-order chi connectivity index (χ0) is 18.6. The Balaban J connectivity index is 1.40. The zero-order valence-corrected chi connectivity index (χ0v) is 15.5. The Morgan fingerprint density at radius 1 is 1.11 bits per heavy atom. The number of pyridine rings is 1. The van der Waals surface area contributed by atoms with E-state index in [9.17, 15) is 9.90 Å². The van der Waals surface area contributed by atoms with Crippen LogP contribution in [0.5, 0.6) is 0 Å². The number of hydrogen-bond acceptors (Lipinski definition) is 6. The van der Waals surface area contributed by atoms with Crippen molar-refractivity contribution in [3.63, 3.8) is 0 Å². The van der Waals surface area contributed by atoms with Crippen LogP contribution in [-0.4, -0.2) is 40.2 Å². The number of piperidine rings is 1. The smallest absolute Gasteiger partial charge is 0.267 e. The highest BCUT2D eigenvalue weighted by Gasteiger charge is 2.17. The van der Waals surface area contributed by atoms with Crippen LogP contribution in [0.2, 0.25) is 0 Å². The highest BCUT2D eigenvalue weighted by Crippen LogP contribution is 2.26. The van der Waals surface area contributed by atoms with Crippen LogP contribution in [0.15, 0.2) is 55.0 Å². The lowest BCUT2D eigenvalue weighted by Gasteiger charge is -2.31. The summed E-state index contributed by atoms with van der Waals surface area (Å²) in [6.07, 6.45) is 6.43. The molecule has 0 spiro atoms. The third-order valence-electron chi connectivity index (χ3n) is 4.61. The van der Waals surface area contributed by atoms with Crippen molar-refractivity contribution in [1.29, 1.82) is 0 Å². The van der Waals surface area contributed by atoms with E-state index in [1.54, 1.807) is 18.6 Å². The van der Waals surface area contributed by atoms with Crippen LogP contribution in [0.25, 0.3) is 10.6 Å². The van der Waals surface area contributed by atoms with Gasteiger partial charge in [-0.1, -0.05) is 0 Å². The van der Waals surface area contributed by atoms with Gasteiger partial charge in [-0.15, -0.1) is 11.3 Å². The first-order valence-corrected chi connectivity index (χ1v) is 9.71. The molecule has 1 saturated heterocycles. The number of nitrogens with one attached hydrogen (secondary N) is 1. The summed E-state index contributed by atoms with van der Waals surface area (Å²) in [6, 6.07) is 11.6. The molecule has 0 unspecified atom stereocenters. The molecule has 138 valence electrons. The molecule has 3 aromatic rings. The number of nitrogens with zero attached hydrogens (tertiary/aromatic N) is 3. The predicted molar refractivity (Wildman–Crippen MR) is 107 cm³/mol. The van der Waals surface area contributed by atoms with Gasteiger partial charge in [0.25, 0.3) is 5.91 Å². The van der Waals surface area contributed by atoms with Crippen LogP contribution in [0.4, 0.5) is 11.4 Å². The molecule has 7 heteroatoms. The van der Waals surface area contributed by atoms with Gasteiger partial charge in [-0.25, -0.2) is 4.98 Å². The molecule has 1 aromatic carbocycles. The number of aliphatic hydroxyl groups excluding tert-OH is 1. The molecule has 0 radical (unpaired) electrons. The largest absolute Gasteiger partial charge is 0.393 e. The average Bonchev–Trinajstić information content (AvgIpc) is 3.20. The minimum atomic E-state index is -0.184. The molecule has 2 N–H and O–H groups in total. The average molecular weight is 380 g/mol. The fourth-order valence-electron chi connectivity index (χ4n) is 3.08. The highest BCUT2D eigenvalue weighted by molar-refractivity contribution is 7.17. The molecule has 1 amide bonds. The quantitative estimate of drug-likeness (QED) is 0.725. The molecule has 2 aromatic heterocycles. The number of benzene rings is 1. The lowest BCUT2D eigenvalue weighted by Crippen LogP contribution is -2.35. The fraction of sp³-hybridized carbons (Fsp3) is 0.250. The summed E-state index contributed by atoms with van der Waals surface area (Å²) >= 11 is 1.36. The molecule has 1 aliphatic rings. The third kappa shape index (κ3) is 4.15. The first-order chi connectivity index (χ1) is 13.2. The van der Waals surface area contributed by atoms with E-state index >= 15 is 0 Å². The van der Waals surface area contributed by atoms with Gasteiger partial charge in [0.2, 0.25) is 0 Å². The number of aromatic nitrogens is 2. The van der Waals surface area contributed by atoms with Gasteiger partial charge in [-0.3, -0.25) is 9.78 Å². The minimum absolute atomic E-state index is 0.165. The Kier molecular flexibility index (Phi) is 5.13. The number of aliphatic hydroxyl groups is 1. The Bertz CT molecular complexity index is 903. The van der Waals surface area contributed by atoms with Crippen LogP contribution >= 0.6 is 11.3 Å². The standard InChI is InChI=1S/C20H20N4O2S/c25-17-7-11-24(12-8-17)16-3-1-15(2-4-16)23-19(26)18-13-22-20(27-18)14-5-9-21-10-6-14/h1-6,9-10,13,17,25H,7-8,11-12H2,(H,23,26). The summed E-state index contributed by atoms with van der Waals surface area (Å²) in [5.74, 6) is -0.165. The Morgan fingerprint density at radius 3 is 2.52 bits per heavy atom. The van der Waals surface area contributed by atoms with Crippen molar-refractivity contribution in [1.82, 2.24) is 9.97 Å². The van der Waals surface area contributed by atoms with E-state index in [4.69, 9.17) is 0 Å². The second-order valence-electron chi connectivity index (χ2n) is 6.48. The molecule has 1 aliphatic heterocycles. The van der Waals surface area contributed by atoms with E-state index in [1.165, 1.54) is 11.3 Å². The van der Waals surface area contributed by atoms with Crippen molar-refractivity contribution in [2.45, 2.75) is 18.9 Å². The van der Waals surface area contributed by atoms with Crippen molar-refractivity contribution in [3.8, 4) is 10.6 Å². The number of thiazole rings is 1. The van der Waals surface area contributed by atoms with Gasteiger partial charge < -0.3 is 15.3 Å². The fourth-order valence-corrected chi connectivity index (χ4v) is 3.90. The van der Waals surface area contributed by atoms with E-state index in [2.05, 4.69) is 20.2 Å². The highest BCUT2D eigenvalue weighted by atomic mass is 32.1. The summed E-state index contributed by atoms with van der Waals surface area (Å²) in [6.45, 7) is 1.71. The molecule has 0 bridgehead atoms. The van der Waals surface area contributed by atoms with Gasteiger partial charge >= 0.3 is 0 Å². The number of anilines is 2. The molecular weight excluding hydrogens is 360 g/mol. The number of carbonyl (C=O) groups is 1. The van der Waals surface area contributed by atoms with Crippen LogP contribution in [-0.2, 0) is 0 Å². The molecule has 4 rings (SSSR count). The van der Waals surface area contributed by atoms with E-state index in [0.29, 0.717) is 4.88 Å². The summed E-state index contributed by atoms with van der Waals surface area (Å²) < 4.78 is 0. The number of rotatable bonds is 4. The van der Waals surface area contributed by atoms with Gasteiger partial charge in [0.1, 0.15) is 9.88 Å². The van der Waals surface area contributed by atoms with Crippen LogP contribution in [0.1, 0.15) is 22.5 Å². The zero-order valence-electron chi connectivity index (χ0n) is 14.7. The number of carbonyl (C=O) groups excluding carboxylic acids is 1. The Labute approximate surface area is 161 Å². The predicted octanol–water partition coefficient (Wildman–Crippen LogP) is 3.42. The first-order valence-electron chi connectivity index (χ1n) is 8.90. The second kappa shape index (κ2) is 7.85. The molecular formula is C20H20N4O2S. The van der Waals surface area contributed by atoms with Crippen LogP contribution in [0, 0.1) is 0 Å². The summed E-state index contributed by atoms with van der Waals surface area (Å²) in [4.78, 5) is 23.6. The number of hydrogen-bond donors (Lipinski definition) is 2. The molecule has 0 saturated carbocycles. The van der Waals surface area contributed by atoms with E-state index in [-0.39, 0.29) is 12.0 Å². The van der Waals surface area contributed by atoms with Crippen LogP contribution in [0.3, 0.4) is 0 Å². The summed E-state index contributed by atoms with van der Waals surface area (Å²) in [7, 11) is 0. The van der Waals surface area contributed by atoms with Crippen molar-refractivity contribution in [2.75, 3.05) is 23.3 Å². The molecule has 1 fully saturated rings.